The van der Waals surface area contributed by atoms with E-state index >= 15 is 0 Å². The first-order valence-electron chi connectivity index (χ1n) is 12.4. The van der Waals surface area contributed by atoms with Crippen LogP contribution < -0.4 is 14.2 Å². The van der Waals surface area contributed by atoms with Crippen molar-refractivity contribution in [1.82, 2.24) is 0 Å². The molecular formula is C30H32O8S. The van der Waals surface area contributed by atoms with Gasteiger partial charge in [0, 0.05) is 7.11 Å². The van der Waals surface area contributed by atoms with E-state index in [2.05, 4.69) is 0 Å². The molecule has 0 aliphatic heterocycles. The third-order valence-corrected chi connectivity index (χ3v) is 7.72. The van der Waals surface area contributed by atoms with Crippen molar-refractivity contribution in [2.75, 3.05) is 33.5 Å². The van der Waals surface area contributed by atoms with Crippen LogP contribution >= 0.6 is 0 Å². The van der Waals surface area contributed by atoms with Gasteiger partial charge in [0.05, 0.1) is 16.4 Å². The maximum absolute atomic E-state index is 12.8. The first-order chi connectivity index (χ1) is 18.7. The average Bonchev–Trinajstić information content (AvgIpc) is 2.94. The summed E-state index contributed by atoms with van der Waals surface area (Å²) in [6.45, 7) is 2.24. The van der Waals surface area contributed by atoms with Gasteiger partial charge in [-0.05, 0) is 78.4 Å². The zero-order valence-corrected chi connectivity index (χ0v) is 22.6. The van der Waals surface area contributed by atoms with E-state index in [-0.39, 0.29) is 36.2 Å². The molecule has 4 aromatic carbocycles. The predicted molar refractivity (Wildman–Crippen MR) is 147 cm³/mol. The van der Waals surface area contributed by atoms with Crippen molar-refractivity contribution in [3.8, 4) is 17.2 Å². The summed E-state index contributed by atoms with van der Waals surface area (Å²) in [6.07, 6.45) is -1.59. The second kappa shape index (κ2) is 12.9. The van der Waals surface area contributed by atoms with Crippen LogP contribution in [0.25, 0.3) is 10.8 Å². The summed E-state index contributed by atoms with van der Waals surface area (Å²) in [5, 5.41) is 21.9. The van der Waals surface area contributed by atoms with E-state index in [4.69, 9.17) is 18.9 Å². The van der Waals surface area contributed by atoms with Crippen LogP contribution in [0.15, 0.2) is 94.7 Å². The van der Waals surface area contributed by atoms with Crippen molar-refractivity contribution < 1.29 is 37.6 Å². The summed E-state index contributed by atoms with van der Waals surface area (Å²) in [4.78, 5) is 0.399. The summed E-state index contributed by atoms with van der Waals surface area (Å²) in [6, 6.07) is 23.9. The molecule has 0 bridgehead atoms. The smallest absolute Gasteiger partial charge is 0.206 e. The van der Waals surface area contributed by atoms with Gasteiger partial charge in [0.2, 0.25) is 9.84 Å². The first kappa shape index (κ1) is 28.4. The van der Waals surface area contributed by atoms with Crippen LogP contribution in [0.5, 0.6) is 17.2 Å². The highest BCUT2D eigenvalue weighted by Gasteiger charge is 2.17. The molecule has 8 nitrogen and oxygen atoms in total. The number of aliphatic hydroxyl groups excluding tert-OH is 2. The molecule has 0 aliphatic carbocycles. The Balaban J connectivity index is 1.27. The molecule has 206 valence electrons. The fourth-order valence-corrected chi connectivity index (χ4v) is 5.08. The minimum atomic E-state index is -3.62. The summed E-state index contributed by atoms with van der Waals surface area (Å²) in [5.74, 6) is 1.67. The number of hydrogen-bond donors (Lipinski definition) is 2. The highest BCUT2D eigenvalue weighted by atomic mass is 32.2. The Morgan fingerprint density at radius 3 is 1.51 bits per heavy atom. The highest BCUT2D eigenvalue weighted by Crippen LogP contribution is 2.26. The van der Waals surface area contributed by atoms with E-state index in [9.17, 15) is 18.6 Å². The van der Waals surface area contributed by atoms with Gasteiger partial charge < -0.3 is 29.2 Å². The number of rotatable bonds is 13. The lowest BCUT2D eigenvalue weighted by atomic mass is 10.1. The Bertz CT molecular complexity index is 1470. The Morgan fingerprint density at radius 1 is 0.615 bits per heavy atom. The van der Waals surface area contributed by atoms with Crippen molar-refractivity contribution in [1.29, 1.82) is 0 Å². The minimum Gasteiger partial charge on any atom is -0.491 e. The number of aliphatic hydroxyl groups is 2. The molecule has 2 unspecified atom stereocenters. The molecule has 9 heteroatoms. The Kier molecular flexibility index (Phi) is 9.42. The molecule has 0 amide bonds. The summed E-state index contributed by atoms with van der Waals surface area (Å²) < 4.78 is 47.5. The van der Waals surface area contributed by atoms with Gasteiger partial charge in [0.15, 0.2) is 0 Å². The first-order valence-corrected chi connectivity index (χ1v) is 13.9. The third kappa shape index (κ3) is 7.70. The zero-order chi connectivity index (χ0) is 27.8. The third-order valence-electron chi connectivity index (χ3n) is 5.93. The van der Waals surface area contributed by atoms with Gasteiger partial charge in [0.1, 0.15) is 49.3 Å². The zero-order valence-electron chi connectivity index (χ0n) is 21.8. The van der Waals surface area contributed by atoms with E-state index in [1.54, 1.807) is 42.5 Å². The molecule has 0 radical (unpaired) electrons. The summed E-state index contributed by atoms with van der Waals surface area (Å²) in [5.41, 5.74) is 0.983. The topological polar surface area (TPSA) is 112 Å². The molecule has 39 heavy (non-hydrogen) atoms. The van der Waals surface area contributed by atoms with E-state index < -0.39 is 22.0 Å². The normalized spacial score (nSPS) is 13.1. The van der Waals surface area contributed by atoms with Gasteiger partial charge in [-0.3, -0.25) is 0 Å². The second-order valence-electron chi connectivity index (χ2n) is 9.15. The van der Waals surface area contributed by atoms with Crippen molar-refractivity contribution in [2.45, 2.75) is 28.9 Å². The Morgan fingerprint density at radius 2 is 1.03 bits per heavy atom. The number of sulfone groups is 1. The van der Waals surface area contributed by atoms with Crippen LogP contribution in [0.1, 0.15) is 5.56 Å². The monoisotopic (exact) mass is 552 g/mol. The molecule has 2 atom stereocenters. The van der Waals surface area contributed by atoms with Crippen molar-refractivity contribution in [3.05, 3.63) is 90.5 Å². The van der Waals surface area contributed by atoms with Crippen LogP contribution in [0.4, 0.5) is 0 Å². The minimum absolute atomic E-state index is 0.0178. The molecule has 0 spiro atoms. The van der Waals surface area contributed by atoms with Crippen LogP contribution in [0.2, 0.25) is 0 Å². The van der Waals surface area contributed by atoms with Crippen molar-refractivity contribution >= 4 is 20.6 Å². The second-order valence-corrected chi connectivity index (χ2v) is 11.1. The molecule has 0 saturated carbocycles. The van der Waals surface area contributed by atoms with E-state index in [0.29, 0.717) is 17.2 Å². The molecule has 0 aliphatic rings. The van der Waals surface area contributed by atoms with Gasteiger partial charge in [-0.2, -0.15) is 0 Å². The molecule has 0 heterocycles. The van der Waals surface area contributed by atoms with Gasteiger partial charge >= 0.3 is 0 Å². The molecule has 0 saturated heterocycles. The lowest BCUT2D eigenvalue weighted by Crippen LogP contribution is -2.25. The van der Waals surface area contributed by atoms with E-state index in [1.165, 1.54) is 19.2 Å². The summed E-state index contributed by atoms with van der Waals surface area (Å²) >= 11 is 0. The SMILES string of the molecule is COCC(O)COc1ccc2cc(OCC(O)COc3ccc(S(=O)(=O)c4ccc(C)cc4)cc3)ccc2c1. The maximum Gasteiger partial charge on any atom is 0.206 e. The predicted octanol–water partition coefficient (Wildman–Crippen LogP) is 4.19. The fourth-order valence-electron chi connectivity index (χ4n) is 3.82. The van der Waals surface area contributed by atoms with Crippen LogP contribution in [0, 0.1) is 6.92 Å². The number of hydrogen-bond acceptors (Lipinski definition) is 8. The van der Waals surface area contributed by atoms with E-state index in [0.717, 1.165) is 16.3 Å². The van der Waals surface area contributed by atoms with Crippen LogP contribution in [-0.2, 0) is 14.6 Å². The van der Waals surface area contributed by atoms with Crippen LogP contribution in [0.3, 0.4) is 0 Å². The fraction of sp³-hybridized carbons (Fsp3) is 0.267. The largest absolute Gasteiger partial charge is 0.491 e. The van der Waals surface area contributed by atoms with Gasteiger partial charge in [0.25, 0.3) is 0 Å². The molecule has 4 rings (SSSR count). The van der Waals surface area contributed by atoms with E-state index in [1.807, 2.05) is 37.3 Å². The summed E-state index contributed by atoms with van der Waals surface area (Å²) in [7, 11) is -2.10. The Labute approximate surface area is 228 Å². The van der Waals surface area contributed by atoms with Crippen LogP contribution in [-0.4, -0.2) is 64.4 Å². The number of aryl methyl sites for hydroxylation is 1. The van der Waals surface area contributed by atoms with Gasteiger partial charge in [-0.15, -0.1) is 0 Å². The Hall–Kier alpha value is -3.63. The molecular weight excluding hydrogens is 520 g/mol. The highest BCUT2D eigenvalue weighted by molar-refractivity contribution is 7.91. The molecule has 0 fully saturated rings. The number of fused-ring (bicyclic) bond motifs is 1. The molecule has 2 N–H and O–H groups in total. The van der Waals surface area contributed by atoms with Gasteiger partial charge in [-0.25, -0.2) is 8.42 Å². The van der Waals surface area contributed by atoms with Crippen molar-refractivity contribution in [2.24, 2.45) is 0 Å². The molecule has 4 aromatic rings. The standard InChI is InChI=1S/C30H32O8S/c1-21-3-11-29(12-4-21)39(33,34)30-13-9-26(10-14-30)36-19-25(32)20-38-28-8-6-22-15-27(7-5-23(22)16-28)37-18-24(31)17-35-2/h3-16,24-25,31-32H,17-20H2,1-2H3. The van der Waals surface area contributed by atoms with Crippen molar-refractivity contribution in [3.63, 3.8) is 0 Å². The lowest BCUT2D eigenvalue weighted by molar-refractivity contribution is 0.0326. The average molecular weight is 553 g/mol. The molecule has 0 aromatic heterocycles. The van der Waals surface area contributed by atoms with Gasteiger partial charge in [-0.1, -0.05) is 29.8 Å². The maximum atomic E-state index is 12.8. The number of benzene rings is 4. The number of ether oxygens (including phenoxy) is 4. The quantitative estimate of drug-likeness (QED) is 0.254. The number of methoxy groups -OCH3 is 1. The lowest BCUT2D eigenvalue weighted by Gasteiger charge is -2.15.